The molecule has 0 saturated carbocycles. The molecule has 2 aliphatic heterocycles. The largest absolute Gasteiger partial charge is 0.335 e. The van der Waals surface area contributed by atoms with Gasteiger partial charge >= 0.3 is 0 Å². The van der Waals surface area contributed by atoms with Gasteiger partial charge in [0, 0.05) is 30.7 Å². The number of hydrogen-bond donors (Lipinski definition) is 1. The van der Waals surface area contributed by atoms with Gasteiger partial charge in [-0.25, -0.2) is 0 Å². The van der Waals surface area contributed by atoms with E-state index in [1.165, 1.54) is 31.4 Å². The number of H-pyrrole nitrogens is 1. The van der Waals surface area contributed by atoms with Gasteiger partial charge < -0.3 is 4.90 Å². The third-order valence-electron chi connectivity index (χ3n) is 5.65. The van der Waals surface area contributed by atoms with E-state index in [0.717, 1.165) is 24.3 Å². The molecular formula is C20H26N4O. The van der Waals surface area contributed by atoms with Gasteiger partial charge in [0.1, 0.15) is 0 Å². The van der Waals surface area contributed by atoms with Gasteiger partial charge in [0.2, 0.25) is 0 Å². The monoisotopic (exact) mass is 338 g/mol. The minimum absolute atomic E-state index is 0.0890. The second-order valence-corrected chi connectivity index (χ2v) is 7.47. The maximum absolute atomic E-state index is 12.9. The average molecular weight is 338 g/mol. The van der Waals surface area contributed by atoms with E-state index in [9.17, 15) is 4.79 Å². The summed E-state index contributed by atoms with van der Waals surface area (Å²) >= 11 is 0. The molecule has 132 valence electrons. The number of hydrogen-bond acceptors (Lipinski definition) is 3. The number of carbonyl (C=O) groups excluding carboxylic acids is 1. The molecule has 1 amide bonds. The maximum Gasteiger partial charge on any atom is 0.257 e. The van der Waals surface area contributed by atoms with Gasteiger partial charge in [0.15, 0.2) is 0 Å². The van der Waals surface area contributed by atoms with Crippen molar-refractivity contribution in [1.29, 1.82) is 0 Å². The number of benzene rings is 1. The zero-order valence-corrected chi connectivity index (χ0v) is 15.0. The molecule has 1 N–H and O–H groups in total. The van der Waals surface area contributed by atoms with Gasteiger partial charge in [0.25, 0.3) is 5.91 Å². The fourth-order valence-corrected chi connectivity index (χ4v) is 4.13. The second kappa shape index (κ2) is 6.64. The van der Waals surface area contributed by atoms with Crippen LogP contribution < -0.4 is 0 Å². The lowest BCUT2D eigenvalue weighted by Gasteiger charge is -2.49. The van der Waals surface area contributed by atoms with Crippen molar-refractivity contribution in [1.82, 2.24) is 20.0 Å². The van der Waals surface area contributed by atoms with Crippen LogP contribution in [-0.4, -0.2) is 57.6 Å². The first-order chi connectivity index (χ1) is 12.1. The highest BCUT2D eigenvalue weighted by molar-refractivity contribution is 6.00. The Morgan fingerprint density at radius 3 is 2.88 bits per heavy atom. The third-order valence-corrected chi connectivity index (χ3v) is 5.65. The number of nitrogens with one attached hydrogen (secondary N) is 1. The zero-order valence-electron chi connectivity index (χ0n) is 15.0. The van der Waals surface area contributed by atoms with E-state index in [-0.39, 0.29) is 5.91 Å². The molecule has 0 spiro atoms. The van der Waals surface area contributed by atoms with Crippen LogP contribution in [0.15, 0.2) is 30.5 Å². The first-order valence-electron chi connectivity index (χ1n) is 9.29. The molecule has 0 radical (unpaired) electrons. The molecular weight excluding hydrogens is 312 g/mol. The van der Waals surface area contributed by atoms with Gasteiger partial charge in [-0.3, -0.25) is 14.8 Å². The summed E-state index contributed by atoms with van der Waals surface area (Å²) in [7, 11) is 0. The number of carbonyl (C=O) groups is 1. The smallest absolute Gasteiger partial charge is 0.257 e. The minimum atomic E-state index is 0.0890. The first-order valence-corrected chi connectivity index (χ1v) is 9.29. The molecule has 0 aliphatic carbocycles. The SMILES string of the molecule is Cc1cccc(-c2[nH]ncc2C(=O)N2CC(N3CCCC[C@@H]3C)C2)c1. The van der Waals surface area contributed by atoms with E-state index in [2.05, 4.69) is 41.1 Å². The van der Waals surface area contributed by atoms with Crippen molar-refractivity contribution in [2.75, 3.05) is 19.6 Å². The lowest BCUT2D eigenvalue weighted by atomic mass is 9.96. The van der Waals surface area contributed by atoms with Crippen molar-refractivity contribution >= 4 is 5.91 Å². The van der Waals surface area contributed by atoms with E-state index >= 15 is 0 Å². The fourth-order valence-electron chi connectivity index (χ4n) is 4.13. The molecule has 4 rings (SSSR count). The molecule has 1 aromatic heterocycles. The second-order valence-electron chi connectivity index (χ2n) is 7.47. The highest BCUT2D eigenvalue weighted by atomic mass is 16.2. The van der Waals surface area contributed by atoms with Crippen molar-refractivity contribution in [3.05, 3.63) is 41.6 Å². The van der Waals surface area contributed by atoms with Crippen molar-refractivity contribution in [2.45, 2.75) is 45.2 Å². The summed E-state index contributed by atoms with van der Waals surface area (Å²) in [6, 6.07) is 9.34. The van der Waals surface area contributed by atoms with Crippen LogP contribution in [0.1, 0.15) is 42.1 Å². The molecule has 5 nitrogen and oxygen atoms in total. The molecule has 25 heavy (non-hydrogen) atoms. The van der Waals surface area contributed by atoms with Gasteiger partial charge in [-0.15, -0.1) is 0 Å². The van der Waals surface area contributed by atoms with Crippen LogP contribution in [0.3, 0.4) is 0 Å². The number of aromatic amines is 1. The lowest BCUT2D eigenvalue weighted by molar-refractivity contribution is 0.00217. The van der Waals surface area contributed by atoms with Crippen LogP contribution in [0.5, 0.6) is 0 Å². The summed E-state index contributed by atoms with van der Waals surface area (Å²) in [5, 5.41) is 7.14. The molecule has 2 saturated heterocycles. The van der Waals surface area contributed by atoms with E-state index in [4.69, 9.17) is 0 Å². The Morgan fingerprint density at radius 1 is 1.28 bits per heavy atom. The van der Waals surface area contributed by atoms with Crippen LogP contribution in [-0.2, 0) is 0 Å². The van der Waals surface area contributed by atoms with E-state index in [1.54, 1.807) is 6.20 Å². The van der Waals surface area contributed by atoms with Crippen molar-refractivity contribution in [3.63, 3.8) is 0 Å². The molecule has 5 heteroatoms. The highest BCUT2D eigenvalue weighted by Gasteiger charge is 2.38. The Bertz CT molecular complexity index is 763. The highest BCUT2D eigenvalue weighted by Crippen LogP contribution is 2.28. The minimum Gasteiger partial charge on any atom is -0.335 e. The number of likely N-dealkylation sites (tertiary alicyclic amines) is 2. The van der Waals surface area contributed by atoms with Gasteiger partial charge in [-0.1, -0.05) is 30.2 Å². The fraction of sp³-hybridized carbons (Fsp3) is 0.500. The quantitative estimate of drug-likeness (QED) is 0.936. The standard InChI is InChI=1S/C20H26N4O/c1-14-6-5-8-16(10-14)19-18(11-21-22-19)20(25)23-12-17(13-23)24-9-4-3-7-15(24)2/h5-6,8,10-11,15,17H,3-4,7,9,12-13H2,1-2H3,(H,21,22)/t15-/m0/s1. The summed E-state index contributed by atoms with van der Waals surface area (Å²) < 4.78 is 0. The van der Waals surface area contributed by atoms with Crippen LogP contribution in [0, 0.1) is 6.92 Å². The molecule has 0 unspecified atom stereocenters. The van der Waals surface area contributed by atoms with Crippen molar-refractivity contribution in [3.8, 4) is 11.3 Å². The normalized spacial score (nSPS) is 22.0. The Kier molecular flexibility index (Phi) is 4.34. The van der Waals surface area contributed by atoms with Crippen LogP contribution in [0.2, 0.25) is 0 Å². The molecule has 3 heterocycles. The van der Waals surface area contributed by atoms with Crippen LogP contribution in [0.25, 0.3) is 11.3 Å². The summed E-state index contributed by atoms with van der Waals surface area (Å²) in [6.07, 6.45) is 5.57. The topological polar surface area (TPSA) is 52.2 Å². The number of piperidine rings is 1. The third kappa shape index (κ3) is 3.09. The molecule has 2 fully saturated rings. The number of aryl methyl sites for hydroxylation is 1. The Balaban J connectivity index is 1.46. The zero-order chi connectivity index (χ0) is 17.4. The Hall–Kier alpha value is -2.14. The molecule has 1 atom stereocenters. The van der Waals surface area contributed by atoms with Crippen LogP contribution in [0.4, 0.5) is 0 Å². The molecule has 2 aliphatic rings. The van der Waals surface area contributed by atoms with Gasteiger partial charge in [0.05, 0.1) is 17.5 Å². The molecule has 0 bridgehead atoms. The predicted octanol–water partition coefficient (Wildman–Crippen LogP) is 3.08. The summed E-state index contributed by atoms with van der Waals surface area (Å²) in [5.74, 6) is 0.0890. The number of rotatable bonds is 3. The molecule has 1 aromatic carbocycles. The summed E-state index contributed by atoms with van der Waals surface area (Å²) in [4.78, 5) is 17.5. The van der Waals surface area contributed by atoms with Crippen LogP contribution >= 0.6 is 0 Å². The Morgan fingerprint density at radius 2 is 2.12 bits per heavy atom. The number of aromatic nitrogens is 2. The van der Waals surface area contributed by atoms with Gasteiger partial charge in [-0.2, -0.15) is 5.10 Å². The van der Waals surface area contributed by atoms with Crippen molar-refractivity contribution < 1.29 is 4.79 Å². The summed E-state index contributed by atoms with van der Waals surface area (Å²) in [5.41, 5.74) is 3.69. The maximum atomic E-state index is 12.9. The lowest BCUT2D eigenvalue weighted by Crippen LogP contribution is -2.63. The van der Waals surface area contributed by atoms with Crippen molar-refractivity contribution in [2.24, 2.45) is 0 Å². The predicted molar refractivity (Wildman–Crippen MR) is 98.5 cm³/mol. The number of nitrogens with zero attached hydrogens (tertiary/aromatic N) is 3. The van der Waals surface area contributed by atoms with E-state index in [1.807, 2.05) is 17.0 Å². The van der Waals surface area contributed by atoms with E-state index < -0.39 is 0 Å². The van der Waals surface area contributed by atoms with Gasteiger partial charge in [-0.05, 0) is 39.3 Å². The first kappa shape index (κ1) is 16.3. The molecule has 2 aromatic rings. The average Bonchev–Trinajstić information content (AvgIpc) is 3.05. The summed E-state index contributed by atoms with van der Waals surface area (Å²) in [6.45, 7) is 7.22. The Labute approximate surface area is 149 Å². The number of amides is 1. The van der Waals surface area contributed by atoms with E-state index in [0.29, 0.717) is 17.6 Å².